The molecule has 1 atom stereocenters. The Labute approximate surface area is 81.8 Å². The molecule has 1 unspecified atom stereocenters. The Morgan fingerprint density at radius 1 is 1.67 bits per heavy atom. The lowest BCUT2D eigenvalue weighted by Crippen LogP contribution is -2.09. The third-order valence-electron chi connectivity index (χ3n) is 1.86. The molecule has 1 aliphatic heterocycles. The highest BCUT2D eigenvalue weighted by Crippen LogP contribution is 2.29. The molecular formula is C7H11ClO2S2. The number of hydrogen-bond acceptors (Lipinski definition) is 3. The largest absolute Gasteiger partial charge is 0.236 e. The number of rotatable bonds is 3. The minimum atomic E-state index is -3.40. The van der Waals surface area contributed by atoms with Gasteiger partial charge >= 0.3 is 0 Å². The zero-order valence-electron chi connectivity index (χ0n) is 6.62. The van der Waals surface area contributed by atoms with Crippen molar-refractivity contribution in [2.24, 2.45) is 5.92 Å². The Balaban J connectivity index is 2.48. The van der Waals surface area contributed by atoms with Crippen molar-refractivity contribution in [3.05, 3.63) is 12.2 Å². The zero-order valence-corrected chi connectivity index (χ0v) is 9.01. The molecule has 2 nitrogen and oxygen atoms in total. The zero-order chi connectivity index (χ0) is 9.19. The third kappa shape index (κ3) is 3.37. The van der Waals surface area contributed by atoms with Gasteiger partial charge in [-0.15, -0.1) is 0 Å². The van der Waals surface area contributed by atoms with E-state index >= 15 is 0 Å². The fourth-order valence-electron chi connectivity index (χ4n) is 1.20. The van der Waals surface area contributed by atoms with Crippen LogP contribution in [0.15, 0.2) is 12.2 Å². The highest BCUT2D eigenvalue weighted by atomic mass is 35.7. The quantitative estimate of drug-likeness (QED) is 0.544. The third-order valence-corrected chi connectivity index (χ3v) is 4.07. The van der Waals surface area contributed by atoms with Gasteiger partial charge in [0.05, 0.1) is 5.75 Å². The molecule has 70 valence electrons. The topological polar surface area (TPSA) is 34.1 Å². The lowest BCUT2D eigenvalue weighted by Gasteiger charge is -2.09. The Bertz CT molecular complexity index is 265. The van der Waals surface area contributed by atoms with Crippen molar-refractivity contribution in [2.75, 3.05) is 17.3 Å². The molecular weight excluding hydrogens is 216 g/mol. The Morgan fingerprint density at radius 3 is 2.75 bits per heavy atom. The Kier molecular flexibility index (Phi) is 3.49. The van der Waals surface area contributed by atoms with E-state index in [1.165, 1.54) is 0 Å². The van der Waals surface area contributed by atoms with Crippen LogP contribution in [-0.4, -0.2) is 25.7 Å². The molecule has 0 aromatic carbocycles. The molecule has 0 spiro atoms. The van der Waals surface area contributed by atoms with E-state index in [0.29, 0.717) is 5.92 Å². The predicted octanol–water partition coefficient (Wildman–Crippen LogP) is 1.86. The van der Waals surface area contributed by atoms with E-state index in [1.54, 1.807) is 0 Å². The normalized spacial score (nSPS) is 24.2. The summed E-state index contributed by atoms with van der Waals surface area (Å²) in [6.45, 7) is 3.75. The molecule has 1 rings (SSSR count). The van der Waals surface area contributed by atoms with E-state index in [1.807, 2.05) is 11.8 Å². The van der Waals surface area contributed by atoms with E-state index in [4.69, 9.17) is 10.7 Å². The standard InChI is InChI=1S/C7H11ClO2S2/c1-6(5-12(8,9)10)7-2-3-11-4-7/h7H,1-5H2. The molecule has 0 N–H and O–H groups in total. The molecule has 1 fully saturated rings. The maximum Gasteiger partial charge on any atom is 0.236 e. The second-order valence-corrected chi connectivity index (χ2v) is 6.83. The van der Waals surface area contributed by atoms with Crippen LogP contribution >= 0.6 is 22.4 Å². The van der Waals surface area contributed by atoms with Crippen LogP contribution in [0.3, 0.4) is 0 Å². The van der Waals surface area contributed by atoms with E-state index in [0.717, 1.165) is 23.5 Å². The van der Waals surface area contributed by atoms with Gasteiger partial charge in [0.1, 0.15) is 0 Å². The fraction of sp³-hybridized carbons (Fsp3) is 0.714. The summed E-state index contributed by atoms with van der Waals surface area (Å²) in [7, 11) is 1.71. The van der Waals surface area contributed by atoms with Crippen LogP contribution in [0.5, 0.6) is 0 Å². The first kappa shape index (κ1) is 10.4. The molecule has 12 heavy (non-hydrogen) atoms. The summed E-state index contributed by atoms with van der Waals surface area (Å²) in [5.74, 6) is 2.38. The van der Waals surface area contributed by atoms with Gasteiger partial charge in [-0.25, -0.2) is 8.42 Å². The van der Waals surface area contributed by atoms with E-state index in [9.17, 15) is 8.42 Å². The van der Waals surface area contributed by atoms with E-state index in [2.05, 4.69) is 6.58 Å². The Hall–Kier alpha value is 0.330. The summed E-state index contributed by atoms with van der Waals surface area (Å²) in [4.78, 5) is 0. The molecule has 0 bridgehead atoms. The molecule has 5 heteroatoms. The van der Waals surface area contributed by atoms with Crippen LogP contribution in [0.2, 0.25) is 0 Å². The number of halogens is 1. The van der Waals surface area contributed by atoms with Gasteiger partial charge in [-0.2, -0.15) is 11.8 Å². The molecule has 0 saturated carbocycles. The summed E-state index contributed by atoms with van der Waals surface area (Å²) >= 11 is 1.84. The van der Waals surface area contributed by atoms with Gasteiger partial charge in [-0.3, -0.25) is 0 Å². The van der Waals surface area contributed by atoms with E-state index < -0.39 is 9.05 Å². The van der Waals surface area contributed by atoms with Crippen LogP contribution in [0.1, 0.15) is 6.42 Å². The predicted molar refractivity (Wildman–Crippen MR) is 54.2 cm³/mol. The summed E-state index contributed by atoms with van der Waals surface area (Å²) < 4.78 is 21.4. The maximum absolute atomic E-state index is 10.7. The molecule has 1 aliphatic rings. The van der Waals surface area contributed by atoms with Crippen molar-refractivity contribution in [3.63, 3.8) is 0 Å². The van der Waals surface area contributed by atoms with Gasteiger partial charge in [0.15, 0.2) is 0 Å². The minimum absolute atomic E-state index is 0.0697. The van der Waals surface area contributed by atoms with Gasteiger partial charge < -0.3 is 0 Å². The van der Waals surface area contributed by atoms with Crippen LogP contribution in [0.4, 0.5) is 0 Å². The molecule has 1 saturated heterocycles. The summed E-state index contributed by atoms with van der Waals surface area (Å²) in [6.07, 6.45) is 1.04. The van der Waals surface area contributed by atoms with Crippen molar-refractivity contribution in [1.29, 1.82) is 0 Å². The lowest BCUT2D eigenvalue weighted by atomic mass is 10.0. The molecule has 0 aromatic rings. The molecule has 0 aromatic heterocycles. The minimum Gasteiger partial charge on any atom is -0.212 e. The molecule has 0 radical (unpaired) electrons. The SMILES string of the molecule is C=C(CS(=O)(=O)Cl)C1CCSC1. The summed E-state index contributed by atoms with van der Waals surface area (Å²) in [5.41, 5.74) is 0.759. The second kappa shape index (κ2) is 4.03. The first-order valence-electron chi connectivity index (χ1n) is 3.67. The lowest BCUT2D eigenvalue weighted by molar-refractivity contribution is 0.607. The van der Waals surface area contributed by atoms with Gasteiger partial charge in [-0.1, -0.05) is 12.2 Å². The van der Waals surface area contributed by atoms with Crippen molar-refractivity contribution in [3.8, 4) is 0 Å². The van der Waals surface area contributed by atoms with Crippen LogP contribution in [-0.2, 0) is 9.05 Å². The number of hydrogen-bond donors (Lipinski definition) is 0. The number of thioether (sulfide) groups is 1. The fourth-order valence-corrected chi connectivity index (χ4v) is 3.60. The van der Waals surface area contributed by atoms with Crippen molar-refractivity contribution < 1.29 is 8.42 Å². The van der Waals surface area contributed by atoms with Gasteiger partial charge in [0.25, 0.3) is 0 Å². The summed E-state index contributed by atoms with van der Waals surface area (Å²) in [6, 6.07) is 0. The second-order valence-electron chi connectivity index (χ2n) is 2.90. The monoisotopic (exact) mass is 226 g/mol. The van der Waals surface area contributed by atoms with Crippen LogP contribution in [0, 0.1) is 5.92 Å². The first-order chi connectivity index (χ1) is 5.49. The van der Waals surface area contributed by atoms with Crippen molar-refractivity contribution in [1.82, 2.24) is 0 Å². The molecule has 0 amide bonds. The van der Waals surface area contributed by atoms with Gasteiger partial charge in [-0.05, 0) is 23.8 Å². The molecule has 0 aliphatic carbocycles. The maximum atomic E-state index is 10.7. The summed E-state index contributed by atoms with van der Waals surface area (Å²) in [5, 5.41) is 0. The first-order valence-corrected chi connectivity index (χ1v) is 7.30. The van der Waals surface area contributed by atoms with Crippen LogP contribution in [0.25, 0.3) is 0 Å². The van der Waals surface area contributed by atoms with Gasteiger partial charge in [0, 0.05) is 10.7 Å². The Morgan fingerprint density at radius 2 is 2.33 bits per heavy atom. The van der Waals surface area contributed by atoms with Crippen molar-refractivity contribution in [2.45, 2.75) is 6.42 Å². The highest BCUT2D eigenvalue weighted by molar-refractivity contribution is 8.13. The smallest absolute Gasteiger partial charge is 0.212 e. The van der Waals surface area contributed by atoms with Crippen molar-refractivity contribution >= 4 is 31.5 Å². The molecule has 1 heterocycles. The van der Waals surface area contributed by atoms with Crippen LogP contribution < -0.4 is 0 Å². The van der Waals surface area contributed by atoms with Gasteiger partial charge in [0.2, 0.25) is 9.05 Å². The van der Waals surface area contributed by atoms with E-state index in [-0.39, 0.29) is 5.75 Å². The highest BCUT2D eigenvalue weighted by Gasteiger charge is 2.21. The average Bonchev–Trinajstić information content (AvgIpc) is 2.32. The average molecular weight is 227 g/mol.